The van der Waals surface area contributed by atoms with Gasteiger partial charge in [-0.2, -0.15) is 0 Å². The molecule has 80 valence electrons. The lowest BCUT2D eigenvalue weighted by molar-refractivity contribution is -0.122. The molecule has 0 radical (unpaired) electrons. The van der Waals surface area contributed by atoms with Crippen LogP contribution in [0.3, 0.4) is 0 Å². The molecular formula is C13H16O2. The van der Waals surface area contributed by atoms with Crippen molar-refractivity contribution in [2.24, 2.45) is 0 Å². The zero-order valence-electron chi connectivity index (χ0n) is 9.41. The Morgan fingerprint density at radius 3 is 2.73 bits per heavy atom. The number of ether oxygens (including phenoxy) is 1. The van der Waals surface area contributed by atoms with E-state index in [4.69, 9.17) is 4.74 Å². The maximum absolute atomic E-state index is 11.1. The summed E-state index contributed by atoms with van der Waals surface area (Å²) < 4.78 is 5.91. The molecule has 1 aromatic rings. The normalized spacial score (nSPS) is 22.5. The molecule has 1 aliphatic heterocycles. The zero-order chi connectivity index (χ0) is 11.1. The minimum Gasteiger partial charge on any atom is -0.362 e. The van der Waals surface area contributed by atoms with Crippen LogP contribution in [0.4, 0.5) is 0 Å². The molecule has 0 spiro atoms. The molecule has 2 rings (SSSR count). The van der Waals surface area contributed by atoms with Crippen LogP contribution in [0.5, 0.6) is 0 Å². The first-order chi connectivity index (χ1) is 7.00. The average Bonchev–Trinajstić information content (AvgIpc) is 2.39. The first-order valence-corrected chi connectivity index (χ1v) is 5.27. The number of Topliss-reactive ketones (excluding diaryl/α,β-unsaturated/α-hetero) is 1. The molecule has 0 saturated carbocycles. The van der Waals surface area contributed by atoms with Gasteiger partial charge in [-0.1, -0.05) is 24.3 Å². The molecule has 1 heterocycles. The summed E-state index contributed by atoms with van der Waals surface area (Å²) in [5, 5.41) is 0. The Morgan fingerprint density at radius 1 is 1.40 bits per heavy atom. The van der Waals surface area contributed by atoms with E-state index in [0.717, 1.165) is 5.56 Å². The predicted octanol–water partition coefficient (Wildman–Crippen LogP) is 2.97. The number of fused-ring (bicyclic) bond motifs is 1. The van der Waals surface area contributed by atoms with Crippen molar-refractivity contribution < 1.29 is 9.53 Å². The largest absolute Gasteiger partial charge is 0.362 e. The second kappa shape index (κ2) is 3.46. The minimum atomic E-state index is -0.267. The van der Waals surface area contributed by atoms with E-state index in [2.05, 4.69) is 12.1 Å². The highest BCUT2D eigenvalue weighted by atomic mass is 16.5. The van der Waals surface area contributed by atoms with Crippen molar-refractivity contribution in [3.8, 4) is 0 Å². The van der Waals surface area contributed by atoms with Crippen molar-refractivity contribution in [1.29, 1.82) is 0 Å². The quantitative estimate of drug-likeness (QED) is 0.740. The van der Waals surface area contributed by atoms with Crippen LogP contribution in [0.15, 0.2) is 24.3 Å². The highest BCUT2D eigenvalue weighted by molar-refractivity contribution is 5.76. The van der Waals surface area contributed by atoms with Crippen molar-refractivity contribution in [2.75, 3.05) is 0 Å². The van der Waals surface area contributed by atoms with Gasteiger partial charge in [0, 0.05) is 6.42 Å². The first-order valence-electron chi connectivity index (χ1n) is 5.27. The van der Waals surface area contributed by atoms with E-state index in [-0.39, 0.29) is 17.5 Å². The SMILES string of the molecule is CC(=O)CC1OC(C)(C)c2ccccc21. The average molecular weight is 204 g/mol. The molecule has 0 aromatic heterocycles. The third-order valence-electron chi connectivity index (χ3n) is 2.87. The predicted molar refractivity (Wildman–Crippen MR) is 58.6 cm³/mol. The van der Waals surface area contributed by atoms with Crippen molar-refractivity contribution in [3.05, 3.63) is 35.4 Å². The first kappa shape index (κ1) is 10.4. The van der Waals surface area contributed by atoms with Crippen LogP contribution >= 0.6 is 0 Å². The summed E-state index contributed by atoms with van der Waals surface area (Å²) in [6, 6.07) is 8.14. The molecule has 1 unspecified atom stereocenters. The van der Waals surface area contributed by atoms with E-state index in [0.29, 0.717) is 6.42 Å². The van der Waals surface area contributed by atoms with Crippen molar-refractivity contribution >= 4 is 5.78 Å². The number of benzene rings is 1. The van der Waals surface area contributed by atoms with E-state index in [1.165, 1.54) is 5.56 Å². The second-order valence-electron chi connectivity index (χ2n) is 4.61. The minimum absolute atomic E-state index is 0.0614. The monoisotopic (exact) mass is 204 g/mol. The van der Waals surface area contributed by atoms with Gasteiger partial charge >= 0.3 is 0 Å². The molecule has 0 fully saturated rings. The van der Waals surface area contributed by atoms with Crippen LogP contribution in [0, 0.1) is 0 Å². The van der Waals surface area contributed by atoms with Gasteiger partial charge in [0.2, 0.25) is 0 Å². The maximum Gasteiger partial charge on any atom is 0.132 e. The molecule has 0 amide bonds. The molecule has 0 aliphatic carbocycles. The molecule has 1 aliphatic rings. The molecule has 1 aromatic carbocycles. The van der Waals surface area contributed by atoms with Crippen LogP contribution in [0.2, 0.25) is 0 Å². The summed E-state index contributed by atoms with van der Waals surface area (Å²) in [6.07, 6.45) is 0.411. The van der Waals surface area contributed by atoms with E-state index < -0.39 is 0 Å². The van der Waals surface area contributed by atoms with Gasteiger partial charge in [0.1, 0.15) is 5.78 Å². The highest BCUT2D eigenvalue weighted by Gasteiger charge is 2.37. The van der Waals surface area contributed by atoms with E-state index >= 15 is 0 Å². The van der Waals surface area contributed by atoms with Crippen LogP contribution in [0.1, 0.15) is 44.4 Å². The molecule has 15 heavy (non-hydrogen) atoms. The molecule has 0 bridgehead atoms. The summed E-state index contributed by atoms with van der Waals surface area (Å²) in [5.74, 6) is 0.174. The van der Waals surface area contributed by atoms with E-state index in [1.807, 2.05) is 26.0 Å². The maximum atomic E-state index is 11.1. The topological polar surface area (TPSA) is 26.3 Å². The lowest BCUT2D eigenvalue weighted by atomic mass is 9.94. The van der Waals surface area contributed by atoms with Crippen LogP contribution in [-0.2, 0) is 15.1 Å². The smallest absolute Gasteiger partial charge is 0.132 e. The third kappa shape index (κ3) is 1.82. The number of hydrogen-bond acceptors (Lipinski definition) is 2. The molecule has 2 nitrogen and oxygen atoms in total. The van der Waals surface area contributed by atoms with Gasteiger partial charge in [0.05, 0.1) is 11.7 Å². The number of carbonyl (C=O) groups excluding carboxylic acids is 1. The summed E-state index contributed by atoms with van der Waals surface area (Å²) in [7, 11) is 0. The number of ketones is 1. The summed E-state index contributed by atoms with van der Waals surface area (Å²) in [4.78, 5) is 11.1. The third-order valence-corrected chi connectivity index (χ3v) is 2.87. The van der Waals surface area contributed by atoms with Crippen molar-refractivity contribution in [2.45, 2.75) is 38.9 Å². The number of hydrogen-bond donors (Lipinski definition) is 0. The molecule has 0 N–H and O–H groups in total. The van der Waals surface area contributed by atoms with Gasteiger partial charge in [-0.05, 0) is 31.9 Å². The standard InChI is InChI=1S/C13H16O2/c1-9(14)8-12-10-6-4-5-7-11(10)13(2,3)15-12/h4-7,12H,8H2,1-3H3. The molecule has 2 heteroatoms. The Hall–Kier alpha value is -1.15. The van der Waals surface area contributed by atoms with Crippen LogP contribution < -0.4 is 0 Å². The Bertz CT molecular complexity index is 393. The van der Waals surface area contributed by atoms with Crippen LogP contribution in [-0.4, -0.2) is 5.78 Å². The number of rotatable bonds is 2. The summed E-state index contributed by atoms with van der Waals surface area (Å²) in [6.45, 7) is 5.70. The Labute approximate surface area is 90.3 Å². The lowest BCUT2D eigenvalue weighted by Crippen LogP contribution is -2.16. The Morgan fingerprint density at radius 2 is 2.07 bits per heavy atom. The molecule has 0 saturated heterocycles. The fourth-order valence-corrected chi connectivity index (χ4v) is 2.22. The van der Waals surface area contributed by atoms with E-state index in [1.54, 1.807) is 6.92 Å². The zero-order valence-corrected chi connectivity index (χ0v) is 9.41. The highest BCUT2D eigenvalue weighted by Crippen LogP contribution is 2.44. The Balaban J connectivity index is 2.38. The van der Waals surface area contributed by atoms with Crippen molar-refractivity contribution in [1.82, 2.24) is 0 Å². The van der Waals surface area contributed by atoms with Gasteiger partial charge in [-0.3, -0.25) is 4.79 Å². The lowest BCUT2D eigenvalue weighted by Gasteiger charge is -2.20. The van der Waals surface area contributed by atoms with E-state index in [9.17, 15) is 4.79 Å². The molecular weight excluding hydrogens is 188 g/mol. The summed E-state index contributed by atoms with van der Waals surface area (Å²) >= 11 is 0. The van der Waals surface area contributed by atoms with Crippen LogP contribution in [0.25, 0.3) is 0 Å². The fourth-order valence-electron chi connectivity index (χ4n) is 2.22. The van der Waals surface area contributed by atoms with Gasteiger partial charge in [-0.25, -0.2) is 0 Å². The summed E-state index contributed by atoms with van der Waals surface area (Å²) in [5.41, 5.74) is 2.10. The van der Waals surface area contributed by atoms with Gasteiger partial charge in [-0.15, -0.1) is 0 Å². The van der Waals surface area contributed by atoms with Gasteiger partial charge < -0.3 is 4.74 Å². The van der Waals surface area contributed by atoms with Crippen molar-refractivity contribution in [3.63, 3.8) is 0 Å². The van der Waals surface area contributed by atoms with Gasteiger partial charge in [0.25, 0.3) is 0 Å². The van der Waals surface area contributed by atoms with Gasteiger partial charge in [0.15, 0.2) is 0 Å². The molecule has 1 atom stereocenters. The Kier molecular flexibility index (Phi) is 2.39. The fraction of sp³-hybridized carbons (Fsp3) is 0.462. The second-order valence-corrected chi connectivity index (χ2v) is 4.61. The number of carbonyl (C=O) groups is 1.